The summed E-state index contributed by atoms with van der Waals surface area (Å²) in [6.45, 7) is 13.7. The molecule has 0 spiro atoms. The van der Waals surface area contributed by atoms with E-state index >= 15 is 0 Å². The zero-order valence-corrected chi connectivity index (χ0v) is 37.8. The van der Waals surface area contributed by atoms with Crippen molar-refractivity contribution in [3.8, 4) is 28.0 Å². The molecule has 0 fully saturated rings. The van der Waals surface area contributed by atoms with E-state index in [2.05, 4.69) is 234 Å². The predicted octanol–water partition coefficient (Wildman–Crippen LogP) is 14.3. The van der Waals surface area contributed by atoms with Gasteiger partial charge in [0, 0.05) is 28.7 Å². The van der Waals surface area contributed by atoms with Gasteiger partial charge in [0.1, 0.15) is 5.75 Å². The monoisotopic (exact) mass is 825 g/mol. The Kier molecular flexibility index (Phi) is 10.6. The van der Waals surface area contributed by atoms with Crippen LogP contribution in [0.4, 0.5) is 17.1 Å². The molecule has 0 aromatic heterocycles. The molecule has 310 valence electrons. The minimum atomic E-state index is 0.122. The molecule has 3 heteroatoms. The molecule has 64 heavy (non-hydrogen) atoms. The Balaban J connectivity index is 1.12. The number of hydrogen-bond acceptors (Lipinski definition) is 2. The summed E-state index contributed by atoms with van der Waals surface area (Å²) < 4.78 is 6.28. The van der Waals surface area contributed by atoms with Crippen molar-refractivity contribution in [1.29, 1.82) is 0 Å². The van der Waals surface area contributed by atoms with E-state index in [1.54, 1.807) is 7.11 Å². The topological polar surface area (TPSA) is 12.5 Å². The third-order valence-corrected chi connectivity index (χ3v) is 13.3. The molecule has 0 aliphatic rings. The van der Waals surface area contributed by atoms with Gasteiger partial charge in [-0.2, -0.15) is 0 Å². The van der Waals surface area contributed by atoms with Crippen molar-refractivity contribution < 1.29 is 4.74 Å². The van der Waals surface area contributed by atoms with Gasteiger partial charge in [0.05, 0.1) is 7.11 Å². The molecule has 0 radical (unpaired) electrons. The van der Waals surface area contributed by atoms with Crippen LogP contribution in [0.1, 0.15) is 33.4 Å². The second kappa shape index (κ2) is 16.7. The van der Waals surface area contributed by atoms with Crippen LogP contribution >= 0.6 is 0 Å². The summed E-state index contributed by atoms with van der Waals surface area (Å²) in [6, 6.07) is 69.1. The summed E-state index contributed by atoms with van der Waals surface area (Å²) >= 11 is 0. The first-order valence-electron chi connectivity index (χ1n) is 22.4. The van der Waals surface area contributed by atoms with Crippen molar-refractivity contribution in [3.05, 3.63) is 221 Å². The van der Waals surface area contributed by atoms with Crippen molar-refractivity contribution in [3.63, 3.8) is 0 Å². The third-order valence-electron chi connectivity index (χ3n) is 13.3. The van der Waals surface area contributed by atoms with E-state index in [-0.39, 0.29) is 6.71 Å². The lowest BCUT2D eigenvalue weighted by molar-refractivity contribution is 0.416. The molecule has 0 saturated heterocycles. The Labute approximate surface area is 378 Å². The molecular formula is C61H52BNO. The van der Waals surface area contributed by atoms with Crippen LogP contribution in [0, 0.1) is 41.5 Å². The fourth-order valence-electron chi connectivity index (χ4n) is 10.7. The van der Waals surface area contributed by atoms with Crippen LogP contribution in [0.2, 0.25) is 0 Å². The number of rotatable bonds is 9. The Morgan fingerprint density at radius 1 is 0.359 bits per heavy atom. The fourth-order valence-corrected chi connectivity index (χ4v) is 10.7. The number of ether oxygens (including phenoxy) is 1. The molecule has 10 aromatic carbocycles. The Morgan fingerprint density at radius 2 is 0.797 bits per heavy atom. The normalized spacial score (nSPS) is 11.4. The van der Waals surface area contributed by atoms with Gasteiger partial charge in [-0.15, -0.1) is 0 Å². The zero-order valence-electron chi connectivity index (χ0n) is 37.8. The van der Waals surface area contributed by atoms with Gasteiger partial charge in [-0.3, -0.25) is 0 Å². The Morgan fingerprint density at radius 3 is 1.28 bits per heavy atom. The van der Waals surface area contributed by atoms with Crippen LogP contribution in [0.25, 0.3) is 54.6 Å². The van der Waals surface area contributed by atoms with Crippen molar-refractivity contribution in [2.45, 2.75) is 41.5 Å². The molecular weight excluding hydrogens is 773 g/mol. The van der Waals surface area contributed by atoms with Gasteiger partial charge in [0.15, 0.2) is 0 Å². The van der Waals surface area contributed by atoms with Gasteiger partial charge >= 0.3 is 0 Å². The third kappa shape index (κ3) is 7.21. The fraction of sp³-hybridized carbons (Fsp3) is 0.115. The van der Waals surface area contributed by atoms with Crippen LogP contribution in [0.3, 0.4) is 0 Å². The molecule has 0 aliphatic carbocycles. The summed E-state index contributed by atoms with van der Waals surface area (Å²) in [4.78, 5) is 2.28. The van der Waals surface area contributed by atoms with Crippen molar-refractivity contribution in [2.24, 2.45) is 0 Å². The average molecular weight is 826 g/mol. The van der Waals surface area contributed by atoms with Crippen LogP contribution < -0.4 is 26.0 Å². The van der Waals surface area contributed by atoms with E-state index in [1.807, 2.05) is 0 Å². The smallest absolute Gasteiger partial charge is 0.242 e. The molecule has 0 heterocycles. The standard InChI is InChI=1S/C61H52BNO/c1-39-32-41(3)60(42(4)33-39)62(61-43(5)34-40(2)35-44(61)6)46-28-26-45(27-29-46)55-37-57-53-25-17-16-24-52(53)56(38-58(57)51-23-15-14-22-50(51)55)54-31-30-49(36-59(54)64-7)63(47-18-10-8-11-19-47)48-20-12-9-13-21-48/h8-38H,1-7H3. The number of methoxy groups -OCH3 is 1. The number of benzene rings is 10. The maximum atomic E-state index is 6.28. The quantitative estimate of drug-likeness (QED) is 0.106. The molecule has 0 unspecified atom stereocenters. The number of aryl methyl sites for hydroxylation is 6. The molecule has 2 nitrogen and oxygen atoms in total. The first-order chi connectivity index (χ1) is 31.2. The molecule has 0 saturated carbocycles. The molecule has 0 amide bonds. The summed E-state index contributed by atoms with van der Waals surface area (Å²) in [7, 11) is 1.78. The lowest BCUT2D eigenvalue weighted by Gasteiger charge is -2.26. The van der Waals surface area contributed by atoms with Gasteiger partial charge in [-0.1, -0.05) is 183 Å². The molecule has 0 bridgehead atoms. The highest BCUT2D eigenvalue weighted by atomic mass is 16.5. The van der Waals surface area contributed by atoms with E-state index in [0.717, 1.165) is 33.9 Å². The highest BCUT2D eigenvalue weighted by molar-refractivity contribution is 6.96. The minimum absolute atomic E-state index is 0.122. The van der Waals surface area contributed by atoms with Crippen molar-refractivity contribution in [1.82, 2.24) is 0 Å². The second-order valence-corrected chi connectivity index (χ2v) is 17.6. The van der Waals surface area contributed by atoms with Crippen molar-refractivity contribution >= 4 is 72.5 Å². The van der Waals surface area contributed by atoms with Crippen LogP contribution in [0.15, 0.2) is 188 Å². The maximum absolute atomic E-state index is 6.28. The first kappa shape index (κ1) is 40.7. The summed E-state index contributed by atoms with van der Waals surface area (Å²) in [5.74, 6) is 0.824. The Bertz CT molecular complexity index is 3230. The summed E-state index contributed by atoms with van der Waals surface area (Å²) in [5, 5.41) is 7.34. The molecule has 0 atom stereocenters. The molecule has 10 rings (SSSR count). The van der Waals surface area contributed by atoms with Gasteiger partial charge in [0.25, 0.3) is 0 Å². The molecule has 0 aliphatic heterocycles. The van der Waals surface area contributed by atoms with Crippen LogP contribution in [-0.4, -0.2) is 13.8 Å². The first-order valence-corrected chi connectivity index (χ1v) is 22.4. The van der Waals surface area contributed by atoms with Gasteiger partial charge in [0.2, 0.25) is 6.71 Å². The van der Waals surface area contributed by atoms with E-state index in [9.17, 15) is 0 Å². The van der Waals surface area contributed by atoms with E-state index in [1.165, 1.54) is 93.2 Å². The zero-order chi connectivity index (χ0) is 44.1. The van der Waals surface area contributed by atoms with E-state index in [0.29, 0.717) is 0 Å². The van der Waals surface area contributed by atoms with Gasteiger partial charge in [-0.05, 0) is 139 Å². The number of para-hydroxylation sites is 2. The highest BCUT2D eigenvalue weighted by Crippen LogP contribution is 2.45. The van der Waals surface area contributed by atoms with Gasteiger partial charge in [-0.25, -0.2) is 0 Å². The summed E-state index contributed by atoms with van der Waals surface area (Å²) in [5.41, 5.74) is 19.9. The predicted molar refractivity (Wildman–Crippen MR) is 277 cm³/mol. The molecule has 10 aromatic rings. The average Bonchev–Trinajstić information content (AvgIpc) is 3.31. The Hall–Kier alpha value is -7.36. The van der Waals surface area contributed by atoms with Gasteiger partial charge < -0.3 is 9.64 Å². The van der Waals surface area contributed by atoms with Crippen molar-refractivity contribution in [2.75, 3.05) is 12.0 Å². The minimum Gasteiger partial charge on any atom is -0.496 e. The maximum Gasteiger partial charge on any atom is 0.242 e. The lowest BCUT2D eigenvalue weighted by Crippen LogP contribution is -2.55. The lowest BCUT2D eigenvalue weighted by atomic mass is 9.34. The number of hydrogen-bond donors (Lipinski definition) is 0. The second-order valence-electron chi connectivity index (χ2n) is 17.6. The van der Waals surface area contributed by atoms with E-state index < -0.39 is 0 Å². The highest BCUT2D eigenvalue weighted by Gasteiger charge is 2.29. The number of fused-ring (bicyclic) bond motifs is 5. The van der Waals surface area contributed by atoms with E-state index in [4.69, 9.17) is 4.74 Å². The number of nitrogens with zero attached hydrogens (tertiary/aromatic N) is 1. The molecule has 0 N–H and O–H groups in total. The summed E-state index contributed by atoms with van der Waals surface area (Å²) in [6.07, 6.45) is 0. The largest absolute Gasteiger partial charge is 0.496 e. The number of anilines is 3. The SMILES string of the molecule is COc1cc(N(c2ccccc2)c2ccccc2)ccc1-c1cc2c3ccccc3c(-c3ccc(B(c4c(C)cc(C)cc4C)c4c(C)cc(C)cc4C)cc3)cc2c2ccccc12. The van der Waals surface area contributed by atoms with Crippen LogP contribution in [0.5, 0.6) is 5.75 Å². The van der Waals surface area contributed by atoms with Crippen LogP contribution in [-0.2, 0) is 0 Å².